The first-order chi connectivity index (χ1) is 9.38. The summed E-state index contributed by atoms with van der Waals surface area (Å²) in [5, 5.41) is 0. The quantitative estimate of drug-likeness (QED) is 0.788. The number of rotatable bonds is 0. The average molecular weight is 283 g/mol. The topological polar surface area (TPSA) is 58.2 Å². The number of likely N-dealkylation sites (tertiary alicyclic amines) is 1. The summed E-state index contributed by atoms with van der Waals surface area (Å²) >= 11 is 0. The van der Waals surface area contributed by atoms with E-state index in [2.05, 4.69) is 9.97 Å². The molecule has 5 nitrogen and oxygen atoms in total. The molecule has 1 aliphatic rings. The summed E-state index contributed by atoms with van der Waals surface area (Å²) < 4.78 is 5.21. The van der Waals surface area contributed by atoms with Gasteiger partial charge < -0.3 is 14.6 Å². The Labute approximate surface area is 122 Å². The minimum absolute atomic E-state index is 0.167. The maximum absolute atomic E-state index is 11.4. The number of imidazole rings is 1. The van der Waals surface area contributed by atoms with E-state index in [1.54, 1.807) is 17.4 Å². The SMILES string of the molecule is CC.CC(C)(C)OC(=O)N1CCCC1.Cc1cnc[nH]1. The van der Waals surface area contributed by atoms with Crippen molar-refractivity contribution in [3.05, 3.63) is 18.2 Å². The highest BCUT2D eigenvalue weighted by atomic mass is 16.6. The third kappa shape index (κ3) is 8.56. The molecule has 116 valence electrons. The van der Waals surface area contributed by atoms with Gasteiger partial charge in [-0.15, -0.1) is 0 Å². The van der Waals surface area contributed by atoms with Gasteiger partial charge in [0.2, 0.25) is 0 Å². The fourth-order valence-corrected chi connectivity index (χ4v) is 1.55. The van der Waals surface area contributed by atoms with E-state index >= 15 is 0 Å². The van der Waals surface area contributed by atoms with Crippen LogP contribution in [0.2, 0.25) is 0 Å². The number of aromatic amines is 1. The molecule has 0 radical (unpaired) electrons. The van der Waals surface area contributed by atoms with Gasteiger partial charge in [0.15, 0.2) is 0 Å². The third-order valence-electron chi connectivity index (χ3n) is 2.39. The van der Waals surface area contributed by atoms with E-state index in [9.17, 15) is 4.79 Å². The van der Waals surface area contributed by atoms with Crippen molar-refractivity contribution in [1.82, 2.24) is 14.9 Å². The summed E-state index contributed by atoms with van der Waals surface area (Å²) in [6, 6.07) is 0. The number of aromatic nitrogens is 2. The van der Waals surface area contributed by atoms with E-state index in [0.717, 1.165) is 31.6 Å². The number of aryl methyl sites for hydroxylation is 1. The van der Waals surface area contributed by atoms with Crippen molar-refractivity contribution in [2.75, 3.05) is 13.1 Å². The highest BCUT2D eigenvalue weighted by Gasteiger charge is 2.23. The Balaban J connectivity index is 0.000000377. The monoisotopic (exact) mass is 283 g/mol. The van der Waals surface area contributed by atoms with Gasteiger partial charge in [-0.3, -0.25) is 0 Å². The van der Waals surface area contributed by atoms with Gasteiger partial charge in [-0.25, -0.2) is 9.78 Å². The summed E-state index contributed by atoms with van der Waals surface area (Å²) in [6.07, 6.45) is 5.49. The average Bonchev–Trinajstić information content (AvgIpc) is 3.02. The van der Waals surface area contributed by atoms with Crippen LogP contribution < -0.4 is 0 Å². The summed E-state index contributed by atoms with van der Waals surface area (Å²) in [6.45, 7) is 13.3. The first-order valence-electron chi connectivity index (χ1n) is 7.31. The van der Waals surface area contributed by atoms with Crippen LogP contribution in [-0.2, 0) is 4.74 Å². The molecule has 1 aromatic rings. The second-order valence-corrected chi connectivity index (χ2v) is 5.41. The number of amides is 1. The maximum atomic E-state index is 11.4. The van der Waals surface area contributed by atoms with Crippen molar-refractivity contribution in [3.63, 3.8) is 0 Å². The highest BCUT2D eigenvalue weighted by Crippen LogP contribution is 2.14. The molecule has 0 atom stereocenters. The summed E-state index contributed by atoms with van der Waals surface area (Å²) in [7, 11) is 0. The summed E-state index contributed by atoms with van der Waals surface area (Å²) in [4.78, 5) is 19.8. The van der Waals surface area contributed by atoms with E-state index in [1.165, 1.54) is 0 Å². The normalized spacial score (nSPS) is 13.8. The van der Waals surface area contributed by atoms with Crippen molar-refractivity contribution in [3.8, 4) is 0 Å². The van der Waals surface area contributed by atoms with E-state index < -0.39 is 0 Å². The molecule has 1 aliphatic heterocycles. The Bertz CT molecular complexity index is 350. The van der Waals surface area contributed by atoms with Gasteiger partial charge in [0.25, 0.3) is 0 Å². The molecule has 0 saturated carbocycles. The van der Waals surface area contributed by atoms with Gasteiger partial charge in [0, 0.05) is 25.0 Å². The van der Waals surface area contributed by atoms with Crippen molar-refractivity contribution >= 4 is 6.09 Å². The molecule has 20 heavy (non-hydrogen) atoms. The Hall–Kier alpha value is -1.52. The van der Waals surface area contributed by atoms with Crippen LogP contribution in [0.15, 0.2) is 12.5 Å². The number of nitrogens with zero attached hydrogens (tertiary/aromatic N) is 2. The number of ether oxygens (including phenoxy) is 1. The second kappa shape index (κ2) is 9.39. The Morgan fingerprint density at radius 3 is 2.15 bits per heavy atom. The van der Waals surface area contributed by atoms with Crippen molar-refractivity contribution in [2.24, 2.45) is 0 Å². The number of carbonyl (C=O) groups excluding carboxylic acids is 1. The Morgan fingerprint density at radius 1 is 1.30 bits per heavy atom. The number of hydrogen-bond acceptors (Lipinski definition) is 3. The minimum Gasteiger partial charge on any atom is -0.444 e. The zero-order valence-corrected chi connectivity index (χ0v) is 13.7. The summed E-state index contributed by atoms with van der Waals surface area (Å²) in [5.41, 5.74) is 0.745. The molecule has 2 rings (SSSR count). The van der Waals surface area contributed by atoms with Crippen LogP contribution in [0.1, 0.15) is 53.2 Å². The van der Waals surface area contributed by atoms with E-state index in [0.29, 0.717) is 0 Å². The fraction of sp³-hybridized carbons (Fsp3) is 0.733. The molecule has 5 heteroatoms. The smallest absolute Gasteiger partial charge is 0.410 e. The van der Waals surface area contributed by atoms with Crippen LogP contribution in [0.5, 0.6) is 0 Å². The van der Waals surface area contributed by atoms with Crippen LogP contribution in [0.4, 0.5) is 4.79 Å². The van der Waals surface area contributed by atoms with Crippen LogP contribution in [0.3, 0.4) is 0 Å². The predicted octanol–water partition coefficient (Wildman–Crippen LogP) is 3.76. The summed E-state index contributed by atoms with van der Waals surface area (Å²) in [5.74, 6) is 0. The number of carbonyl (C=O) groups is 1. The molecule has 0 spiro atoms. The van der Waals surface area contributed by atoms with Crippen molar-refractivity contribution < 1.29 is 9.53 Å². The maximum Gasteiger partial charge on any atom is 0.410 e. The lowest BCUT2D eigenvalue weighted by molar-refractivity contribution is 0.0295. The molecule has 1 amide bonds. The second-order valence-electron chi connectivity index (χ2n) is 5.41. The van der Waals surface area contributed by atoms with Crippen LogP contribution >= 0.6 is 0 Å². The van der Waals surface area contributed by atoms with Gasteiger partial charge in [0.05, 0.1) is 6.33 Å². The molecule has 0 bridgehead atoms. The molecule has 0 aliphatic carbocycles. The lowest BCUT2D eigenvalue weighted by Gasteiger charge is -2.23. The first-order valence-corrected chi connectivity index (χ1v) is 7.31. The van der Waals surface area contributed by atoms with Gasteiger partial charge in [0.1, 0.15) is 5.60 Å². The van der Waals surface area contributed by atoms with Crippen molar-refractivity contribution in [2.45, 2.75) is 60.0 Å². The van der Waals surface area contributed by atoms with Gasteiger partial charge in [-0.1, -0.05) is 13.8 Å². The van der Waals surface area contributed by atoms with Crippen LogP contribution in [0.25, 0.3) is 0 Å². The van der Waals surface area contributed by atoms with Gasteiger partial charge in [-0.2, -0.15) is 0 Å². The lowest BCUT2D eigenvalue weighted by atomic mass is 10.2. The zero-order chi connectivity index (χ0) is 15.6. The molecule has 0 aromatic carbocycles. The Morgan fingerprint density at radius 2 is 1.85 bits per heavy atom. The lowest BCUT2D eigenvalue weighted by Crippen LogP contribution is -2.34. The minimum atomic E-state index is -0.361. The van der Waals surface area contributed by atoms with Gasteiger partial charge in [-0.05, 0) is 40.5 Å². The van der Waals surface area contributed by atoms with Crippen molar-refractivity contribution in [1.29, 1.82) is 0 Å². The molecule has 1 fully saturated rings. The predicted molar refractivity (Wildman–Crippen MR) is 81.7 cm³/mol. The van der Waals surface area contributed by atoms with Crippen LogP contribution in [0, 0.1) is 6.92 Å². The number of nitrogens with one attached hydrogen (secondary N) is 1. The zero-order valence-electron chi connectivity index (χ0n) is 13.7. The van der Waals surface area contributed by atoms with E-state index in [-0.39, 0.29) is 11.7 Å². The first kappa shape index (κ1) is 18.5. The standard InChI is InChI=1S/C9H17NO2.C4H6N2.C2H6/c1-9(2,3)12-8(11)10-6-4-5-7-10;1-4-2-5-3-6-4;1-2/h4-7H2,1-3H3;2-3H,1H3,(H,5,6);1-2H3. The highest BCUT2D eigenvalue weighted by molar-refractivity contribution is 5.68. The van der Waals surface area contributed by atoms with E-state index in [1.807, 2.05) is 41.5 Å². The van der Waals surface area contributed by atoms with Crippen LogP contribution in [-0.4, -0.2) is 39.7 Å². The number of hydrogen-bond donors (Lipinski definition) is 1. The molecule has 1 N–H and O–H groups in total. The Kier molecular flexibility index (Phi) is 8.68. The van der Waals surface area contributed by atoms with Gasteiger partial charge >= 0.3 is 6.09 Å². The van der Waals surface area contributed by atoms with E-state index in [4.69, 9.17) is 4.74 Å². The molecular formula is C15H29N3O2. The molecule has 0 unspecified atom stereocenters. The molecule has 1 saturated heterocycles. The third-order valence-corrected chi connectivity index (χ3v) is 2.39. The molecular weight excluding hydrogens is 254 g/mol. The molecule has 2 heterocycles. The molecule has 1 aromatic heterocycles. The fourth-order valence-electron chi connectivity index (χ4n) is 1.55. The number of H-pyrrole nitrogens is 1. The largest absolute Gasteiger partial charge is 0.444 e.